The van der Waals surface area contributed by atoms with E-state index in [2.05, 4.69) is 15.5 Å². The lowest BCUT2D eigenvalue weighted by Gasteiger charge is -2.03. The van der Waals surface area contributed by atoms with E-state index in [4.69, 9.17) is 9.15 Å². The number of hydrogen-bond acceptors (Lipinski definition) is 5. The molecule has 0 atom stereocenters. The number of methoxy groups -OCH3 is 1. The van der Waals surface area contributed by atoms with Gasteiger partial charge in [0.25, 0.3) is 0 Å². The van der Waals surface area contributed by atoms with Crippen molar-refractivity contribution in [1.29, 1.82) is 0 Å². The second kappa shape index (κ2) is 8.29. The molecule has 3 aromatic rings. The fourth-order valence-corrected chi connectivity index (χ4v) is 2.47. The molecule has 134 valence electrons. The van der Waals surface area contributed by atoms with E-state index in [0.717, 1.165) is 11.1 Å². The molecule has 2 aromatic carbocycles. The van der Waals surface area contributed by atoms with Crippen LogP contribution in [-0.2, 0) is 17.8 Å². The zero-order chi connectivity index (χ0) is 18.4. The molecule has 0 bridgehead atoms. The van der Waals surface area contributed by atoms with Crippen molar-refractivity contribution in [1.82, 2.24) is 15.5 Å². The smallest absolute Gasteiger partial charge is 0.247 e. The van der Waals surface area contributed by atoms with E-state index in [9.17, 15) is 4.79 Å². The Bertz CT molecular complexity index is 872. The lowest BCUT2D eigenvalue weighted by atomic mass is 10.1. The minimum atomic E-state index is -0.0493. The number of aromatic nitrogens is 2. The van der Waals surface area contributed by atoms with Gasteiger partial charge in [-0.15, -0.1) is 10.2 Å². The van der Waals surface area contributed by atoms with Crippen molar-refractivity contribution in [2.45, 2.75) is 26.3 Å². The second-order valence-electron chi connectivity index (χ2n) is 6.00. The van der Waals surface area contributed by atoms with Crippen LogP contribution in [0.5, 0.6) is 5.75 Å². The number of carbonyl (C=O) groups is 1. The topological polar surface area (TPSA) is 77.3 Å². The summed E-state index contributed by atoms with van der Waals surface area (Å²) < 4.78 is 10.8. The van der Waals surface area contributed by atoms with Gasteiger partial charge in [-0.25, -0.2) is 0 Å². The molecule has 0 fully saturated rings. The highest BCUT2D eigenvalue weighted by molar-refractivity contribution is 5.76. The fraction of sp³-hybridized carbons (Fsp3) is 0.250. The molecule has 0 unspecified atom stereocenters. The number of nitrogens with one attached hydrogen (secondary N) is 1. The predicted molar refractivity (Wildman–Crippen MR) is 97.6 cm³/mol. The third-order valence-electron chi connectivity index (χ3n) is 3.98. The molecule has 6 nitrogen and oxygen atoms in total. The normalized spacial score (nSPS) is 10.5. The maximum absolute atomic E-state index is 12.0. The van der Waals surface area contributed by atoms with Gasteiger partial charge >= 0.3 is 0 Å². The van der Waals surface area contributed by atoms with Crippen LogP contribution in [0.15, 0.2) is 52.9 Å². The van der Waals surface area contributed by atoms with Crippen molar-refractivity contribution < 1.29 is 13.9 Å². The van der Waals surface area contributed by atoms with Gasteiger partial charge in [0.15, 0.2) is 0 Å². The van der Waals surface area contributed by atoms with Crippen molar-refractivity contribution >= 4 is 5.91 Å². The maximum Gasteiger partial charge on any atom is 0.247 e. The van der Waals surface area contributed by atoms with E-state index in [1.54, 1.807) is 7.11 Å². The van der Waals surface area contributed by atoms with Gasteiger partial charge in [-0.2, -0.15) is 0 Å². The summed E-state index contributed by atoms with van der Waals surface area (Å²) in [5.41, 5.74) is 3.12. The third kappa shape index (κ3) is 4.69. The van der Waals surface area contributed by atoms with Crippen molar-refractivity contribution in [3.63, 3.8) is 0 Å². The van der Waals surface area contributed by atoms with Crippen molar-refractivity contribution in [2.75, 3.05) is 7.11 Å². The van der Waals surface area contributed by atoms with Crippen molar-refractivity contribution in [2.24, 2.45) is 0 Å². The zero-order valence-corrected chi connectivity index (χ0v) is 14.9. The molecule has 1 amide bonds. The summed E-state index contributed by atoms with van der Waals surface area (Å²) in [7, 11) is 1.60. The number of rotatable bonds is 7. The molecule has 1 N–H and O–H groups in total. The van der Waals surface area contributed by atoms with Gasteiger partial charge in [-0.3, -0.25) is 4.79 Å². The Morgan fingerprint density at radius 2 is 1.96 bits per heavy atom. The number of nitrogens with zero attached hydrogens (tertiary/aromatic N) is 2. The Morgan fingerprint density at radius 1 is 1.15 bits per heavy atom. The van der Waals surface area contributed by atoms with Gasteiger partial charge in [0, 0.05) is 12.0 Å². The summed E-state index contributed by atoms with van der Waals surface area (Å²) in [6, 6.07) is 15.6. The average Bonchev–Trinajstić information content (AvgIpc) is 3.15. The van der Waals surface area contributed by atoms with Gasteiger partial charge in [0.2, 0.25) is 17.7 Å². The van der Waals surface area contributed by atoms with Crippen LogP contribution in [0.1, 0.15) is 23.4 Å². The number of carbonyl (C=O) groups excluding carboxylic acids is 1. The molecule has 3 rings (SSSR count). The maximum atomic E-state index is 12.0. The van der Waals surface area contributed by atoms with Gasteiger partial charge in [-0.05, 0) is 37.1 Å². The quantitative estimate of drug-likeness (QED) is 0.707. The summed E-state index contributed by atoms with van der Waals surface area (Å²) in [6.07, 6.45) is 1.12. The first-order valence-corrected chi connectivity index (χ1v) is 8.43. The molecule has 26 heavy (non-hydrogen) atoms. The lowest BCUT2D eigenvalue weighted by Crippen LogP contribution is -2.23. The van der Waals surface area contributed by atoms with Gasteiger partial charge < -0.3 is 14.5 Å². The van der Waals surface area contributed by atoms with E-state index in [1.165, 1.54) is 5.56 Å². The number of aryl methyl sites for hydroxylation is 2. The Labute approximate surface area is 152 Å². The molecular weight excluding hydrogens is 330 g/mol. The highest BCUT2D eigenvalue weighted by Gasteiger charge is 2.10. The number of ether oxygens (including phenoxy) is 1. The molecule has 1 heterocycles. The molecule has 0 aliphatic carbocycles. The van der Waals surface area contributed by atoms with Crippen molar-refractivity contribution in [3.05, 3.63) is 65.5 Å². The predicted octanol–water partition coefficient (Wildman–Crippen LogP) is 3.30. The highest BCUT2D eigenvalue weighted by Crippen LogP contribution is 2.22. The van der Waals surface area contributed by atoms with E-state index >= 15 is 0 Å². The summed E-state index contributed by atoms with van der Waals surface area (Å²) in [5, 5.41) is 10.8. The number of amides is 1. The van der Waals surface area contributed by atoms with Crippen LogP contribution < -0.4 is 10.1 Å². The van der Waals surface area contributed by atoms with E-state index in [0.29, 0.717) is 30.4 Å². The van der Waals surface area contributed by atoms with Gasteiger partial charge in [-0.1, -0.05) is 35.9 Å². The largest absolute Gasteiger partial charge is 0.497 e. The zero-order valence-electron chi connectivity index (χ0n) is 14.9. The molecular formula is C20H21N3O3. The first kappa shape index (κ1) is 17.7. The second-order valence-corrected chi connectivity index (χ2v) is 6.00. The summed E-state index contributed by atoms with van der Waals surface area (Å²) in [4.78, 5) is 12.0. The lowest BCUT2D eigenvalue weighted by molar-refractivity contribution is -0.121. The Morgan fingerprint density at radius 3 is 2.73 bits per heavy atom. The van der Waals surface area contributed by atoms with Crippen LogP contribution >= 0.6 is 0 Å². The Balaban J connectivity index is 1.51. The molecule has 1 aromatic heterocycles. The van der Waals surface area contributed by atoms with E-state index in [-0.39, 0.29) is 12.5 Å². The summed E-state index contributed by atoms with van der Waals surface area (Å²) in [5.74, 6) is 1.43. The SMILES string of the molecule is COc1cccc(-c2nnc(CNC(=O)CCc3ccc(C)cc3)o2)c1. The van der Waals surface area contributed by atoms with Crippen LogP contribution in [0.25, 0.3) is 11.5 Å². The van der Waals surface area contributed by atoms with Crippen LogP contribution in [-0.4, -0.2) is 23.2 Å². The molecule has 6 heteroatoms. The number of hydrogen-bond donors (Lipinski definition) is 1. The standard InChI is InChI=1S/C20H21N3O3/c1-14-6-8-15(9-7-14)10-11-18(24)21-13-19-22-23-20(26-19)16-4-3-5-17(12-16)25-2/h3-9,12H,10-11,13H2,1-2H3,(H,21,24). The molecule has 0 saturated carbocycles. The van der Waals surface area contributed by atoms with Crippen LogP contribution in [0, 0.1) is 6.92 Å². The summed E-state index contributed by atoms with van der Waals surface area (Å²) in [6.45, 7) is 2.25. The molecule has 0 aliphatic rings. The first-order valence-electron chi connectivity index (χ1n) is 8.43. The Hall–Kier alpha value is -3.15. The fourth-order valence-electron chi connectivity index (χ4n) is 2.47. The first-order chi connectivity index (χ1) is 12.6. The van der Waals surface area contributed by atoms with Crippen LogP contribution in [0.4, 0.5) is 0 Å². The molecule has 0 saturated heterocycles. The molecule has 0 radical (unpaired) electrons. The van der Waals surface area contributed by atoms with Crippen LogP contribution in [0.3, 0.4) is 0 Å². The van der Waals surface area contributed by atoms with Crippen molar-refractivity contribution in [3.8, 4) is 17.2 Å². The molecule has 0 spiro atoms. The van der Waals surface area contributed by atoms with Crippen LogP contribution in [0.2, 0.25) is 0 Å². The monoisotopic (exact) mass is 351 g/mol. The van der Waals surface area contributed by atoms with E-state index in [1.807, 2.05) is 55.5 Å². The number of benzene rings is 2. The average molecular weight is 351 g/mol. The Kier molecular flexibility index (Phi) is 5.63. The van der Waals surface area contributed by atoms with Gasteiger partial charge in [0.05, 0.1) is 13.7 Å². The summed E-state index contributed by atoms with van der Waals surface area (Å²) >= 11 is 0. The molecule has 0 aliphatic heterocycles. The van der Waals surface area contributed by atoms with Gasteiger partial charge in [0.1, 0.15) is 5.75 Å². The highest BCUT2D eigenvalue weighted by atomic mass is 16.5. The minimum absolute atomic E-state index is 0.0493. The minimum Gasteiger partial charge on any atom is -0.497 e. The third-order valence-corrected chi connectivity index (χ3v) is 3.98. The van der Waals surface area contributed by atoms with E-state index < -0.39 is 0 Å².